The lowest BCUT2D eigenvalue weighted by Crippen LogP contribution is -2.27. The van der Waals surface area contributed by atoms with E-state index in [4.69, 9.17) is 5.73 Å². The van der Waals surface area contributed by atoms with Gasteiger partial charge in [0.1, 0.15) is 0 Å². The Morgan fingerprint density at radius 2 is 1.86 bits per heavy atom. The van der Waals surface area contributed by atoms with Crippen LogP contribution in [0, 0.1) is 6.92 Å². The summed E-state index contributed by atoms with van der Waals surface area (Å²) in [5, 5.41) is 0. The van der Waals surface area contributed by atoms with Crippen LogP contribution in [0.1, 0.15) is 23.5 Å². The van der Waals surface area contributed by atoms with Gasteiger partial charge in [-0.3, -0.25) is 0 Å². The third kappa shape index (κ3) is 3.09. The quantitative estimate of drug-likeness (QED) is 0.852. The Kier molecular flexibility index (Phi) is 3.47. The molecule has 0 aliphatic heterocycles. The van der Waals surface area contributed by atoms with Gasteiger partial charge in [0.2, 0.25) is 10.0 Å². The van der Waals surface area contributed by atoms with E-state index in [2.05, 4.69) is 4.72 Å². The number of rotatable bonds is 4. The molecule has 3 rings (SSSR count). The van der Waals surface area contributed by atoms with E-state index in [1.54, 1.807) is 12.1 Å². The van der Waals surface area contributed by atoms with Crippen LogP contribution in [0.5, 0.6) is 0 Å². The van der Waals surface area contributed by atoms with E-state index >= 15 is 0 Å². The second kappa shape index (κ2) is 5.16. The second-order valence-corrected chi connectivity index (χ2v) is 7.27. The molecule has 1 saturated carbocycles. The van der Waals surface area contributed by atoms with Crippen molar-refractivity contribution >= 4 is 15.7 Å². The van der Waals surface area contributed by atoms with Crippen molar-refractivity contribution in [3.8, 4) is 0 Å². The number of hydrogen-bond acceptors (Lipinski definition) is 3. The predicted octanol–water partition coefficient (Wildman–Crippen LogP) is 2.41. The van der Waals surface area contributed by atoms with Crippen LogP contribution in [0.4, 0.5) is 5.69 Å². The molecule has 0 aromatic heterocycles. The molecule has 0 amide bonds. The fraction of sp³-hybridized carbons (Fsp3) is 0.250. The summed E-state index contributed by atoms with van der Waals surface area (Å²) in [6.07, 6.45) is 0.838. The lowest BCUT2D eigenvalue weighted by molar-refractivity contribution is 0.580. The average molecular weight is 302 g/mol. The maximum absolute atomic E-state index is 12.4. The SMILES string of the molecule is Cc1cc(N)cc(S(=O)(=O)NC2CC2c2ccccc2)c1. The molecular weight excluding hydrogens is 284 g/mol. The largest absolute Gasteiger partial charge is 0.399 e. The standard InChI is InChI=1S/C16H18N2O2S/c1-11-7-13(17)9-14(8-11)21(19,20)18-16-10-15(16)12-5-3-2-4-6-12/h2-9,15-16,18H,10,17H2,1H3. The Hall–Kier alpha value is -1.85. The van der Waals surface area contributed by atoms with Crippen molar-refractivity contribution in [3.05, 3.63) is 59.7 Å². The number of sulfonamides is 1. The number of nitrogen functional groups attached to an aromatic ring is 1. The first-order valence-electron chi connectivity index (χ1n) is 6.90. The van der Waals surface area contributed by atoms with E-state index in [0.29, 0.717) is 5.69 Å². The lowest BCUT2D eigenvalue weighted by atomic mass is 10.1. The summed E-state index contributed by atoms with van der Waals surface area (Å²) in [5.41, 5.74) is 8.21. The van der Waals surface area contributed by atoms with Crippen LogP contribution in [-0.2, 0) is 10.0 Å². The molecule has 0 bridgehead atoms. The molecule has 2 aromatic rings. The molecule has 0 spiro atoms. The maximum atomic E-state index is 12.4. The summed E-state index contributed by atoms with van der Waals surface area (Å²) < 4.78 is 27.6. The first-order valence-corrected chi connectivity index (χ1v) is 8.38. The molecule has 1 fully saturated rings. The van der Waals surface area contributed by atoms with Gasteiger partial charge >= 0.3 is 0 Å². The molecule has 3 N–H and O–H groups in total. The molecule has 1 aliphatic carbocycles. The minimum absolute atomic E-state index is 0.0286. The van der Waals surface area contributed by atoms with Crippen LogP contribution in [0.15, 0.2) is 53.4 Å². The van der Waals surface area contributed by atoms with E-state index in [1.807, 2.05) is 37.3 Å². The van der Waals surface area contributed by atoms with Gasteiger partial charge < -0.3 is 5.73 Å². The van der Waals surface area contributed by atoms with Gasteiger partial charge in [-0.25, -0.2) is 13.1 Å². The maximum Gasteiger partial charge on any atom is 0.240 e. The summed E-state index contributed by atoms with van der Waals surface area (Å²) >= 11 is 0. The van der Waals surface area contributed by atoms with Gasteiger partial charge in [0.25, 0.3) is 0 Å². The number of anilines is 1. The molecule has 2 aromatic carbocycles. The number of benzene rings is 2. The fourth-order valence-corrected chi connectivity index (χ4v) is 4.02. The van der Waals surface area contributed by atoms with Gasteiger partial charge in [-0.1, -0.05) is 30.3 Å². The lowest BCUT2D eigenvalue weighted by Gasteiger charge is -2.08. The zero-order chi connectivity index (χ0) is 15.0. The van der Waals surface area contributed by atoms with Crippen LogP contribution in [0.25, 0.3) is 0 Å². The van der Waals surface area contributed by atoms with Crippen molar-refractivity contribution in [2.24, 2.45) is 0 Å². The molecule has 2 atom stereocenters. The highest BCUT2D eigenvalue weighted by Crippen LogP contribution is 2.41. The molecule has 110 valence electrons. The molecule has 0 radical (unpaired) electrons. The summed E-state index contributed by atoms with van der Waals surface area (Å²) in [6.45, 7) is 1.83. The minimum atomic E-state index is -3.51. The van der Waals surface area contributed by atoms with Crippen LogP contribution >= 0.6 is 0 Å². The van der Waals surface area contributed by atoms with Crippen molar-refractivity contribution in [1.82, 2.24) is 4.72 Å². The van der Waals surface area contributed by atoms with E-state index < -0.39 is 10.0 Å². The molecular formula is C16H18N2O2S. The van der Waals surface area contributed by atoms with E-state index in [1.165, 1.54) is 11.6 Å². The predicted molar refractivity (Wildman–Crippen MR) is 83.5 cm³/mol. The minimum Gasteiger partial charge on any atom is -0.399 e. The van der Waals surface area contributed by atoms with Crippen molar-refractivity contribution < 1.29 is 8.42 Å². The highest BCUT2D eigenvalue weighted by Gasteiger charge is 2.41. The van der Waals surface area contributed by atoms with Crippen LogP contribution in [-0.4, -0.2) is 14.5 Å². The Labute approximate surface area is 125 Å². The number of hydrogen-bond donors (Lipinski definition) is 2. The monoisotopic (exact) mass is 302 g/mol. The van der Waals surface area contributed by atoms with E-state index in [0.717, 1.165) is 12.0 Å². The molecule has 4 nitrogen and oxygen atoms in total. The van der Waals surface area contributed by atoms with E-state index in [-0.39, 0.29) is 16.9 Å². The third-order valence-electron chi connectivity index (χ3n) is 3.71. The van der Waals surface area contributed by atoms with Crippen LogP contribution < -0.4 is 10.5 Å². The van der Waals surface area contributed by atoms with Crippen molar-refractivity contribution in [2.45, 2.75) is 30.2 Å². The van der Waals surface area contributed by atoms with Crippen molar-refractivity contribution in [2.75, 3.05) is 5.73 Å². The first kappa shape index (κ1) is 14.1. The Balaban J connectivity index is 1.76. The molecule has 0 saturated heterocycles. The van der Waals surface area contributed by atoms with Gasteiger partial charge in [0, 0.05) is 17.6 Å². The summed E-state index contributed by atoms with van der Waals surface area (Å²) in [7, 11) is -3.51. The Morgan fingerprint density at radius 3 is 2.52 bits per heavy atom. The smallest absolute Gasteiger partial charge is 0.240 e. The third-order valence-corrected chi connectivity index (χ3v) is 5.18. The van der Waals surface area contributed by atoms with Crippen molar-refractivity contribution in [1.29, 1.82) is 0 Å². The van der Waals surface area contributed by atoms with Crippen LogP contribution in [0.3, 0.4) is 0 Å². The van der Waals surface area contributed by atoms with Gasteiger partial charge in [-0.05, 0) is 42.7 Å². The highest BCUT2D eigenvalue weighted by atomic mass is 32.2. The van der Waals surface area contributed by atoms with Crippen LogP contribution in [0.2, 0.25) is 0 Å². The van der Waals surface area contributed by atoms with Crippen molar-refractivity contribution in [3.63, 3.8) is 0 Å². The van der Waals surface area contributed by atoms with Gasteiger partial charge in [0.05, 0.1) is 4.90 Å². The fourth-order valence-electron chi connectivity index (χ4n) is 2.59. The molecule has 21 heavy (non-hydrogen) atoms. The van der Waals surface area contributed by atoms with E-state index in [9.17, 15) is 8.42 Å². The summed E-state index contributed by atoms with van der Waals surface area (Å²) in [4.78, 5) is 0.235. The summed E-state index contributed by atoms with van der Waals surface area (Å²) in [5.74, 6) is 0.267. The number of aryl methyl sites for hydroxylation is 1. The van der Waals surface area contributed by atoms with Gasteiger partial charge in [-0.15, -0.1) is 0 Å². The van der Waals surface area contributed by atoms with Gasteiger partial charge in [-0.2, -0.15) is 0 Å². The van der Waals surface area contributed by atoms with Gasteiger partial charge in [0.15, 0.2) is 0 Å². The molecule has 5 heteroatoms. The normalized spacial score (nSPS) is 21.2. The molecule has 2 unspecified atom stereocenters. The number of nitrogens with one attached hydrogen (secondary N) is 1. The highest BCUT2D eigenvalue weighted by molar-refractivity contribution is 7.89. The Morgan fingerprint density at radius 1 is 1.14 bits per heavy atom. The Bertz CT molecular complexity index is 737. The number of nitrogens with two attached hydrogens (primary N) is 1. The topological polar surface area (TPSA) is 72.2 Å². The first-order chi connectivity index (χ1) is 9.95. The second-order valence-electron chi connectivity index (χ2n) is 5.56. The average Bonchev–Trinajstić information content (AvgIpc) is 3.17. The molecule has 0 heterocycles. The summed E-state index contributed by atoms with van der Waals surface area (Å²) in [6, 6.07) is 14.8. The zero-order valence-corrected chi connectivity index (χ0v) is 12.6. The molecule has 1 aliphatic rings. The zero-order valence-electron chi connectivity index (χ0n) is 11.8.